The van der Waals surface area contributed by atoms with Crippen LogP contribution in [0.2, 0.25) is 5.02 Å². The van der Waals surface area contributed by atoms with Crippen molar-refractivity contribution in [3.8, 4) is 11.3 Å². The fraction of sp³-hybridized carbons (Fsp3) is 0.0667. The Kier molecular flexibility index (Phi) is 4.06. The molecule has 23 heavy (non-hydrogen) atoms. The summed E-state index contributed by atoms with van der Waals surface area (Å²) in [5.41, 5.74) is 9.55. The molecule has 0 N–H and O–H groups in total. The van der Waals surface area contributed by atoms with Gasteiger partial charge in [-0.25, -0.2) is 18.7 Å². The molecule has 0 bridgehead atoms. The zero-order chi connectivity index (χ0) is 16.4. The maximum Gasteiger partial charge on any atom is 0.186 e. The summed E-state index contributed by atoms with van der Waals surface area (Å²) in [5.74, 6) is -2.10. The number of aromatic nitrogens is 2. The van der Waals surface area contributed by atoms with E-state index in [4.69, 9.17) is 17.1 Å². The Hall–Kier alpha value is -2.76. The first-order valence-corrected chi connectivity index (χ1v) is 6.90. The van der Waals surface area contributed by atoms with Crippen LogP contribution in [-0.4, -0.2) is 9.97 Å². The van der Waals surface area contributed by atoms with Gasteiger partial charge in [-0.15, -0.1) is 0 Å². The van der Waals surface area contributed by atoms with Crippen molar-refractivity contribution in [1.29, 1.82) is 0 Å². The summed E-state index contributed by atoms with van der Waals surface area (Å²) in [5, 5.41) is 3.85. The fourth-order valence-electron chi connectivity index (χ4n) is 2.18. The zero-order valence-corrected chi connectivity index (χ0v) is 12.3. The lowest BCUT2D eigenvalue weighted by atomic mass is 10.1. The molecule has 0 aliphatic heterocycles. The molecule has 0 saturated carbocycles. The molecule has 0 spiro atoms. The lowest BCUT2D eigenvalue weighted by Gasteiger charge is -2.10. The van der Waals surface area contributed by atoms with E-state index in [1.807, 2.05) is 0 Å². The molecule has 5 nitrogen and oxygen atoms in total. The normalized spacial score (nSPS) is 10.6. The SMILES string of the molecule is [N-]=[N+]=NCc1nc2ccc(F)c(F)c2nc1-c1ccccc1Cl. The van der Waals surface area contributed by atoms with Gasteiger partial charge in [0.1, 0.15) is 5.52 Å². The van der Waals surface area contributed by atoms with E-state index >= 15 is 0 Å². The summed E-state index contributed by atoms with van der Waals surface area (Å²) in [6.45, 7) is -0.0843. The van der Waals surface area contributed by atoms with E-state index in [-0.39, 0.29) is 23.3 Å². The van der Waals surface area contributed by atoms with Crippen LogP contribution in [0.25, 0.3) is 32.7 Å². The molecule has 8 heteroatoms. The van der Waals surface area contributed by atoms with Crippen LogP contribution in [0.3, 0.4) is 0 Å². The molecular weight excluding hydrogens is 324 g/mol. The van der Waals surface area contributed by atoms with Crippen LogP contribution in [0.5, 0.6) is 0 Å². The third-order valence-electron chi connectivity index (χ3n) is 3.21. The van der Waals surface area contributed by atoms with Crippen molar-refractivity contribution < 1.29 is 8.78 Å². The van der Waals surface area contributed by atoms with Crippen LogP contribution < -0.4 is 0 Å². The molecule has 0 saturated heterocycles. The third kappa shape index (κ3) is 2.79. The molecule has 0 fully saturated rings. The van der Waals surface area contributed by atoms with Gasteiger partial charge < -0.3 is 0 Å². The number of hydrogen-bond donors (Lipinski definition) is 0. The van der Waals surface area contributed by atoms with Gasteiger partial charge in [-0.3, -0.25) is 0 Å². The van der Waals surface area contributed by atoms with Crippen molar-refractivity contribution >= 4 is 22.6 Å². The molecular formula is C15H8ClF2N5. The molecule has 0 amide bonds. The molecule has 0 unspecified atom stereocenters. The summed E-state index contributed by atoms with van der Waals surface area (Å²) in [7, 11) is 0. The van der Waals surface area contributed by atoms with E-state index in [0.717, 1.165) is 6.07 Å². The molecule has 1 aromatic heterocycles. The summed E-state index contributed by atoms with van der Waals surface area (Å²) in [4.78, 5) is 11.1. The first kappa shape index (κ1) is 15.1. The quantitative estimate of drug-likeness (QED) is 0.383. The average molecular weight is 332 g/mol. The molecule has 1 heterocycles. The minimum atomic E-state index is -1.08. The highest BCUT2D eigenvalue weighted by Crippen LogP contribution is 2.30. The van der Waals surface area contributed by atoms with Crippen molar-refractivity contribution in [2.24, 2.45) is 5.11 Å². The second-order valence-electron chi connectivity index (χ2n) is 4.62. The van der Waals surface area contributed by atoms with Gasteiger partial charge in [-0.1, -0.05) is 34.9 Å². The standard InChI is InChI=1S/C15H8ClF2N5/c16-9-4-2-1-3-8(9)14-12(7-20-23-19)21-11-6-5-10(17)13(18)15(11)22-14/h1-6H,7H2. The lowest BCUT2D eigenvalue weighted by molar-refractivity contribution is 0.515. The minimum absolute atomic E-state index is 0.0843. The molecule has 114 valence electrons. The predicted octanol–water partition coefficient (Wildman–Crippen LogP) is 5.04. The Labute approximate surface area is 134 Å². The van der Waals surface area contributed by atoms with E-state index < -0.39 is 11.6 Å². The van der Waals surface area contributed by atoms with E-state index in [2.05, 4.69) is 20.0 Å². The second-order valence-corrected chi connectivity index (χ2v) is 5.02. The molecule has 0 radical (unpaired) electrons. The Balaban J connectivity index is 2.34. The largest absolute Gasteiger partial charge is 0.249 e. The van der Waals surface area contributed by atoms with Gasteiger partial charge in [0.2, 0.25) is 0 Å². The minimum Gasteiger partial charge on any atom is -0.249 e. The highest BCUT2D eigenvalue weighted by molar-refractivity contribution is 6.33. The highest BCUT2D eigenvalue weighted by atomic mass is 35.5. The van der Waals surface area contributed by atoms with Gasteiger partial charge >= 0.3 is 0 Å². The third-order valence-corrected chi connectivity index (χ3v) is 3.54. The maximum absolute atomic E-state index is 14.0. The van der Waals surface area contributed by atoms with Gasteiger partial charge in [0.15, 0.2) is 11.6 Å². The van der Waals surface area contributed by atoms with E-state index in [9.17, 15) is 8.78 Å². The monoisotopic (exact) mass is 331 g/mol. The van der Waals surface area contributed by atoms with Gasteiger partial charge in [0.05, 0.1) is 28.5 Å². The smallest absolute Gasteiger partial charge is 0.186 e. The molecule has 3 rings (SSSR count). The van der Waals surface area contributed by atoms with Gasteiger partial charge in [-0.2, -0.15) is 0 Å². The number of rotatable bonds is 3. The molecule has 2 aromatic carbocycles. The summed E-state index contributed by atoms with van der Waals surface area (Å²) < 4.78 is 27.4. The van der Waals surface area contributed by atoms with Crippen molar-refractivity contribution in [3.05, 3.63) is 69.2 Å². The average Bonchev–Trinajstić information content (AvgIpc) is 2.56. The van der Waals surface area contributed by atoms with E-state index in [1.165, 1.54) is 6.07 Å². The van der Waals surface area contributed by atoms with Crippen molar-refractivity contribution in [2.75, 3.05) is 0 Å². The van der Waals surface area contributed by atoms with Crippen molar-refractivity contribution in [2.45, 2.75) is 6.54 Å². The van der Waals surface area contributed by atoms with Crippen LogP contribution in [0.1, 0.15) is 5.69 Å². The maximum atomic E-state index is 14.0. The highest BCUT2D eigenvalue weighted by Gasteiger charge is 2.16. The molecule has 3 aromatic rings. The Morgan fingerprint density at radius 2 is 1.91 bits per heavy atom. The predicted molar refractivity (Wildman–Crippen MR) is 82.8 cm³/mol. The number of benzene rings is 2. The summed E-state index contributed by atoms with van der Waals surface area (Å²) >= 11 is 6.15. The number of halogens is 3. The summed E-state index contributed by atoms with van der Waals surface area (Å²) in [6.07, 6.45) is 0. The second kappa shape index (κ2) is 6.16. The number of nitrogens with zero attached hydrogens (tertiary/aromatic N) is 5. The topological polar surface area (TPSA) is 74.5 Å². The van der Waals surface area contributed by atoms with Gasteiger partial charge in [0, 0.05) is 10.5 Å². The van der Waals surface area contributed by atoms with Crippen LogP contribution in [-0.2, 0) is 6.54 Å². The Morgan fingerprint density at radius 1 is 1.13 bits per heavy atom. The zero-order valence-electron chi connectivity index (χ0n) is 11.5. The van der Waals surface area contributed by atoms with Crippen LogP contribution >= 0.6 is 11.6 Å². The first-order chi connectivity index (χ1) is 11.1. The number of azide groups is 1. The van der Waals surface area contributed by atoms with Crippen LogP contribution in [0, 0.1) is 11.6 Å². The van der Waals surface area contributed by atoms with E-state index in [0.29, 0.717) is 16.3 Å². The van der Waals surface area contributed by atoms with Gasteiger partial charge in [0.25, 0.3) is 0 Å². The molecule has 0 atom stereocenters. The lowest BCUT2D eigenvalue weighted by Crippen LogP contribution is -2.01. The number of fused-ring (bicyclic) bond motifs is 1. The van der Waals surface area contributed by atoms with Crippen molar-refractivity contribution in [1.82, 2.24) is 9.97 Å². The Bertz CT molecular complexity index is 954. The fourth-order valence-corrected chi connectivity index (χ4v) is 2.40. The number of hydrogen-bond acceptors (Lipinski definition) is 3. The molecule has 0 aliphatic rings. The summed E-state index contributed by atoms with van der Waals surface area (Å²) in [6, 6.07) is 9.06. The van der Waals surface area contributed by atoms with Crippen LogP contribution in [0.15, 0.2) is 41.5 Å². The van der Waals surface area contributed by atoms with Crippen molar-refractivity contribution in [3.63, 3.8) is 0 Å². The first-order valence-electron chi connectivity index (χ1n) is 6.52. The van der Waals surface area contributed by atoms with Gasteiger partial charge in [-0.05, 0) is 23.7 Å². The molecule has 0 aliphatic carbocycles. The Morgan fingerprint density at radius 3 is 2.65 bits per heavy atom. The van der Waals surface area contributed by atoms with E-state index in [1.54, 1.807) is 24.3 Å². The van der Waals surface area contributed by atoms with Crippen LogP contribution in [0.4, 0.5) is 8.78 Å².